The van der Waals surface area contributed by atoms with Crippen LogP contribution >= 0.6 is 0 Å². The highest BCUT2D eigenvalue weighted by Crippen LogP contribution is 2.43. The van der Waals surface area contributed by atoms with Crippen molar-refractivity contribution in [1.82, 2.24) is 0 Å². The predicted molar refractivity (Wildman–Crippen MR) is 148 cm³/mol. The number of carbonyl (C=O) groups excluding carboxylic acids is 2. The molecule has 1 unspecified atom stereocenters. The topological polar surface area (TPSA) is 70.1 Å². The van der Waals surface area contributed by atoms with Crippen molar-refractivity contribution in [3.05, 3.63) is 94.6 Å². The van der Waals surface area contributed by atoms with Crippen molar-refractivity contribution in [2.75, 3.05) is 22.9 Å². The number of benzene rings is 3. The molecule has 1 saturated heterocycles. The van der Waals surface area contributed by atoms with Gasteiger partial charge in [-0.1, -0.05) is 12.1 Å². The van der Waals surface area contributed by atoms with Crippen LogP contribution in [0.2, 0.25) is 0 Å². The third-order valence-electron chi connectivity index (χ3n) is 6.76. The number of anilines is 2. The molecule has 1 heterocycles. The largest absolute Gasteiger partial charge is 0.507 e. The Hall–Kier alpha value is -4.20. The number of carbonyl (C=O) groups is 2. The number of halogens is 2. The molecule has 0 aliphatic carbocycles. The molecule has 0 bridgehead atoms. The van der Waals surface area contributed by atoms with Gasteiger partial charge in [0.15, 0.2) is 0 Å². The molecule has 39 heavy (non-hydrogen) atoms. The lowest BCUT2D eigenvalue weighted by atomic mass is 9.94. The molecule has 4 rings (SSSR count). The van der Waals surface area contributed by atoms with Crippen LogP contribution in [0, 0.1) is 18.6 Å². The number of ether oxygens (including phenoxy) is 1. The molecule has 1 N–H and O–H groups in total. The Kier molecular flexibility index (Phi) is 8.04. The highest BCUT2D eigenvalue weighted by atomic mass is 19.1. The van der Waals surface area contributed by atoms with Crippen LogP contribution < -0.4 is 14.5 Å². The Morgan fingerprint density at radius 2 is 1.67 bits per heavy atom. The second-order valence-corrected chi connectivity index (χ2v) is 9.68. The van der Waals surface area contributed by atoms with E-state index in [-0.39, 0.29) is 17.4 Å². The third-order valence-corrected chi connectivity index (χ3v) is 6.76. The molecule has 3 aromatic rings. The number of ketones is 1. The molecule has 0 aromatic heterocycles. The SMILES string of the molecule is CCN(CC)c1ccc(C2/C(=C(\O)c3ccc(OC(C)C)c(C)c3)C(=O)C(=O)N2c2cc(F)ccc2F)cc1. The van der Waals surface area contributed by atoms with Crippen LogP contribution in [0.3, 0.4) is 0 Å². The molecule has 1 fully saturated rings. The molecule has 0 spiro atoms. The Balaban J connectivity index is 1.91. The first-order valence-corrected chi connectivity index (χ1v) is 13.0. The van der Waals surface area contributed by atoms with Gasteiger partial charge in [-0.2, -0.15) is 0 Å². The number of hydrogen-bond acceptors (Lipinski definition) is 5. The van der Waals surface area contributed by atoms with Crippen LogP contribution in [0.1, 0.15) is 50.4 Å². The average molecular weight is 535 g/mol. The fourth-order valence-electron chi connectivity index (χ4n) is 4.86. The lowest BCUT2D eigenvalue weighted by Gasteiger charge is -2.27. The smallest absolute Gasteiger partial charge is 0.300 e. The van der Waals surface area contributed by atoms with Crippen LogP contribution in [0.5, 0.6) is 5.75 Å². The lowest BCUT2D eigenvalue weighted by Crippen LogP contribution is -2.30. The summed E-state index contributed by atoms with van der Waals surface area (Å²) >= 11 is 0. The third kappa shape index (κ3) is 5.37. The van der Waals surface area contributed by atoms with Gasteiger partial charge < -0.3 is 14.7 Å². The van der Waals surface area contributed by atoms with E-state index in [0.717, 1.165) is 47.4 Å². The van der Waals surface area contributed by atoms with E-state index >= 15 is 0 Å². The predicted octanol–water partition coefficient (Wildman–Crippen LogP) is 6.53. The van der Waals surface area contributed by atoms with Crippen molar-refractivity contribution < 1.29 is 28.2 Å². The summed E-state index contributed by atoms with van der Waals surface area (Å²) in [7, 11) is 0. The van der Waals surface area contributed by atoms with E-state index in [2.05, 4.69) is 4.90 Å². The fourth-order valence-corrected chi connectivity index (χ4v) is 4.86. The Bertz CT molecular complexity index is 1430. The maximum atomic E-state index is 15.0. The lowest BCUT2D eigenvalue weighted by molar-refractivity contribution is -0.132. The molecule has 204 valence electrons. The van der Waals surface area contributed by atoms with Crippen molar-refractivity contribution in [1.29, 1.82) is 0 Å². The number of aliphatic hydroxyl groups is 1. The molecule has 1 atom stereocenters. The Labute approximate surface area is 227 Å². The number of aryl methyl sites for hydroxylation is 1. The van der Waals surface area contributed by atoms with Crippen molar-refractivity contribution in [3.63, 3.8) is 0 Å². The van der Waals surface area contributed by atoms with Crippen LogP contribution in [0.25, 0.3) is 5.76 Å². The van der Waals surface area contributed by atoms with Gasteiger partial charge in [0.1, 0.15) is 23.1 Å². The van der Waals surface area contributed by atoms with Crippen molar-refractivity contribution >= 4 is 28.8 Å². The van der Waals surface area contributed by atoms with Gasteiger partial charge in [-0.05, 0) is 88.2 Å². The normalized spacial score (nSPS) is 16.7. The van der Waals surface area contributed by atoms with Gasteiger partial charge in [-0.3, -0.25) is 14.5 Å². The van der Waals surface area contributed by atoms with E-state index in [1.807, 2.05) is 39.8 Å². The van der Waals surface area contributed by atoms with E-state index in [4.69, 9.17) is 4.74 Å². The zero-order valence-corrected chi connectivity index (χ0v) is 22.7. The zero-order chi connectivity index (χ0) is 28.4. The van der Waals surface area contributed by atoms with Gasteiger partial charge in [0, 0.05) is 30.4 Å². The summed E-state index contributed by atoms with van der Waals surface area (Å²) in [6.07, 6.45) is -0.0612. The molecule has 8 heteroatoms. The Morgan fingerprint density at radius 3 is 2.26 bits per heavy atom. The molecule has 1 aliphatic heterocycles. The van der Waals surface area contributed by atoms with Crippen molar-refractivity contribution in [2.24, 2.45) is 0 Å². The monoisotopic (exact) mass is 534 g/mol. The first kappa shape index (κ1) is 27.8. The number of hydrogen-bond donors (Lipinski definition) is 1. The summed E-state index contributed by atoms with van der Waals surface area (Å²) in [6.45, 7) is 11.2. The molecule has 3 aromatic carbocycles. The number of Topliss-reactive ketones (excluding diaryl/α,β-unsaturated/α-hetero) is 1. The Morgan fingerprint density at radius 1 is 1.00 bits per heavy atom. The molecule has 6 nitrogen and oxygen atoms in total. The first-order valence-electron chi connectivity index (χ1n) is 13.0. The van der Waals surface area contributed by atoms with E-state index < -0.39 is 35.1 Å². The number of amides is 1. The molecule has 1 amide bonds. The minimum Gasteiger partial charge on any atom is -0.507 e. The average Bonchev–Trinajstić information content (AvgIpc) is 3.17. The zero-order valence-electron chi connectivity index (χ0n) is 22.7. The number of rotatable bonds is 8. The van der Waals surface area contributed by atoms with Gasteiger partial charge in [-0.25, -0.2) is 8.78 Å². The summed E-state index contributed by atoms with van der Waals surface area (Å²) in [5, 5.41) is 11.4. The van der Waals surface area contributed by atoms with Gasteiger partial charge in [-0.15, -0.1) is 0 Å². The molecular weight excluding hydrogens is 502 g/mol. The summed E-state index contributed by atoms with van der Waals surface area (Å²) in [6, 6.07) is 13.6. The fraction of sp³-hybridized carbons (Fsp3) is 0.290. The standard InChI is InChI=1S/C31H32F2N2O4/c1-6-34(7-2)23-12-8-20(9-13-23)28-27(29(36)21-10-15-26(19(5)16-21)39-18(3)4)30(37)31(38)35(28)25-17-22(32)11-14-24(25)33/h8-18,28,36H,6-7H2,1-5H3/b29-27+. The minimum absolute atomic E-state index is 0.0612. The molecular formula is C31H32F2N2O4. The number of nitrogens with zero attached hydrogens (tertiary/aromatic N) is 2. The molecule has 1 aliphatic rings. The molecule has 0 radical (unpaired) electrons. The van der Waals surface area contributed by atoms with Crippen LogP contribution in [0.15, 0.2) is 66.2 Å². The summed E-state index contributed by atoms with van der Waals surface area (Å²) in [5.41, 5.74) is 1.81. The van der Waals surface area contributed by atoms with E-state index in [0.29, 0.717) is 16.9 Å². The first-order chi connectivity index (χ1) is 18.6. The maximum absolute atomic E-state index is 15.0. The minimum atomic E-state index is -1.18. The van der Waals surface area contributed by atoms with Crippen molar-refractivity contribution in [2.45, 2.75) is 46.8 Å². The van der Waals surface area contributed by atoms with E-state index in [1.165, 1.54) is 0 Å². The van der Waals surface area contributed by atoms with E-state index in [9.17, 15) is 23.5 Å². The van der Waals surface area contributed by atoms with Crippen LogP contribution in [-0.2, 0) is 9.59 Å². The summed E-state index contributed by atoms with van der Waals surface area (Å²) < 4.78 is 34.9. The van der Waals surface area contributed by atoms with Gasteiger partial charge in [0.2, 0.25) is 0 Å². The maximum Gasteiger partial charge on any atom is 0.300 e. The van der Waals surface area contributed by atoms with E-state index in [1.54, 1.807) is 37.3 Å². The van der Waals surface area contributed by atoms with Gasteiger partial charge in [0.25, 0.3) is 11.7 Å². The van der Waals surface area contributed by atoms with Crippen LogP contribution in [0.4, 0.5) is 20.2 Å². The second-order valence-electron chi connectivity index (χ2n) is 9.68. The summed E-state index contributed by atoms with van der Waals surface area (Å²) in [5.74, 6) is -3.48. The van der Waals surface area contributed by atoms with Gasteiger partial charge >= 0.3 is 0 Å². The summed E-state index contributed by atoms with van der Waals surface area (Å²) in [4.78, 5) is 29.8. The van der Waals surface area contributed by atoms with Crippen molar-refractivity contribution in [3.8, 4) is 5.75 Å². The van der Waals surface area contributed by atoms with Gasteiger partial charge in [0.05, 0.1) is 23.4 Å². The quantitative estimate of drug-likeness (QED) is 0.202. The second kappa shape index (κ2) is 11.3. The number of aliphatic hydroxyl groups excluding tert-OH is 1. The highest BCUT2D eigenvalue weighted by Gasteiger charge is 2.48. The highest BCUT2D eigenvalue weighted by molar-refractivity contribution is 6.51. The molecule has 0 saturated carbocycles. The van der Waals surface area contributed by atoms with Crippen LogP contribution in [-0.4, -0.2) is 36.0 Å².